The van der Waals surface area contributed by atoms with Gasteiger partial charge in [-0.1, -0.05) is 60.1 Å². The second-order valence-corrected chi connectivity index (χ2v) is 5.92. The van der Waals surface area contributed by atoms with Crippen LogP contribution in [0.15, 0.2) is 84.0 Å². The molecule has 1 heterocycles. The van der Waals surface area contributed by atoms with E-state index in [0.29, 0.717) is 17.1 Å². The van der Waals surface area contributed by atoms with Gasteiger partial charge in [0.15, 0.2) is 0 Å². The molecule has 0 N–H and O–H groups in total. The van der Waals surface area contributed by atoms with Gasteiger partial charge in [-0.05, 0) is 35.4 Å². The number of amides is 1. The zero-order chi connectivity index (χ0) is 16.8. The van der Waals surface area contributed by atoms with Gasteiger partial charge in [-0.3, -0.25) is 4.79 Å². The van der Waals surface area contributed by atoms with Gasteiger partial charge in [-0.2, -0.15) is 4.99 Å². The lowest BCUT2D eigenvalue weighted by Gasteiger charge is -2.07. The van der Waals surface area contributed by atoms with Crippen LogP contribution in [0, 0.1) is 0 Å². The van der Waals surface area contributed by atoms with Gasteiger partial charge in [0.1, 0.15) is 5.49 Å². The van der Waals surface area contributed by atoms with Crippen LogP contribution in [0.3, 0.4) is 0 Å². The highest BCUT2D eigenvalue weighted by molar-refractivity contribution is 6.30. The van der Waals surface area contributed by atoms with E-state index in [-0.39, 0.29) is 12.3 Å². The maximum atomic E-state index is 12.3. The van der Waals surface area contributed by atoms with E-state index in [4.69, 9.17) is 11.6 Å². The maximum Gasteiger partial charge on any atom is 0.252 e. The summed E-state index contributed by atoms with van der Waals surface area (Å²) in [5, 5.41) is 0.659. The smallest absolute Gasteiger partial charge is 0.252 e. The molecular formula is C20H17ClN2O. The zero-order valence-electron chi connectivity index (χ0n) is 13.1. The molecule has 3 rings (SSSR count). The second-order valence-electron chi connectivity index (χ2n) is 5.48. The van der Waals surface area contributed by atoms with Gasteiger partial charge < -0.3 is 4.57 Å². The van der Waals surface area contributed by atoms with Crippen molar-refractivity contribution in [3.8, 4) is 0 Å². The molecular weight excluding hydrogens is 320 g/mol. The largest absolute Gasteiger partial charge is 0.328 e. The summed E-state index contributed by atoms with van der Waals surface area (Å²) in [6.07, 6.45) is 2.19. The van der Waals surface area contributed by atoms with E-state index in [1.807, 2.05) is 59.3 Å². The summed E-state index contributed by atoms with van der Waals surface area (Å²) >= 11 is 5.86. The summed E-state index contributed by atoms with van der Waals surface area (Å²) in [4.78, 5) is 16.5. The van der Waals surface area contributed by atoms with Crippen LogP contribution in [0.2, 0.25) is 5.02 Å². The molecule has 1 amide bonds. The summed E-state index contributed by atoms with van der Waals surface area (Å²) in [6, 6.07) is 23.0. The number of carbonyl (C=O) groups is 1. The van der Waals surface area contributed by atoms with Crippen molar-refractivity contribution in [2.24, 2.45) is 4.99 Å². The van der Waals surface area contributed by atoms with Crippen molar-refractivity contribution in [2.45, 2.75) is 13.0 Å². The van der Waals surface area contributed by atoms with Gasteiger partial charge in [0.25, 0.3) is 5.91 Å². The van der Waals surface area contributed by atoms with Crippen LogP contribution >= 0.6 is 11.6 Å². The van der Waals surface area contributed by atoms with E-state index in [9.17, 15) is 4.79 Å². The van der Waals surface area contributed by atoms with Crippen molar-refractivity contribution in [3.05, 3.63) is 101 Å². The lowest BCUT2D eigenvalue weighted by molar-refractivity contribution is -0.117. The number of pyridine rings is 1. The van der Waals surface area contributed by atoms with Crippen LogP contribution < -0.4 is 5.49 Å². The average Bonchev–Trinajstić information content (AvgIpc) is 2.60. The Bertz CT molecular complexity index is 883. The number of nitrogens with zero attached hydrogens (tertiary/aromatic N) is 2. The second kappa shape index (κ2) is 7.75. The van der Waals surface area contributed by atoms with E-state index in [2.05, 4.69) is 17.1 Å². The van der Waals surface area contributed by atoms with Crippen molar-refractivity contribution < 1.29 is 4.79 Å². The number of hydrogen-bond donors (Lipinski definition) is 0. The van der Waals surface area contributed by atoms with Crippen LogP contribution in [-0.4, -0.2) is 10.5 Å². The fourth-order valence-electron chi connectivity index (χ4n) is 2.43. The molecule has 0 saturated heterocycles. The van der Waals surface area contributed by atoms with Crippen molar-refractivity contribution >= 4 is 17.5 Å². The SMILES string of the molecule is O=C(Cc1ccc(Cl)cc1)N=c1ccccn1Cc1ccccc1. The minimum Gasteiger partial charge on any atom is -0.328 e. The highest BCUT2D eigenvalue weighted by atomic mass is 35.5. The Balaban J connectivity index is 1.81. The summed E-state index contributed by atoms with van der Waals surface area (Å²) < 4.78 is 1.97. The highest BCUT2D eigenvalue weighted by Crippen LogP contribution is 2.10. The standard InChI is InChI=1S/C20H17ClN2O/c21-18-11-9-16(10-12-18)14-20(24)22-19-8-4-5-13-23(19)15-17-6-2-1-3-7-17/h1-13H,14-15H2. The monoisotopic (exact) mass is 336 g/mol. The molecule has 4 heteroatoms. The van der Waals surface area contributed by atoms with Crippen LogP contribution in [0.5, 0.6) is 0 Å². The molecule has 0 saturated carbocycles. The minimum atomic E-state index is -0.176. The molecule has 0 radical (unpaired) electrons. The molecule has 1 aromatic heterocycles. The Morgan fingerprint density at radius 3 is 2.33 bits per heavy atom. The molecule has 0 bridgehead atoms. The summed E-state index contributed by atoms with van der Waals surface area (Å²) in [5.74, 6) is -0.176. The highest BCUT2D eigenvalue weighted by Gasteiger charge is 2.03. The molecule has 0 aliphatic carbocycles. The summed E-state index contributed by atoms with van der Waals surface area (Å²) in [5.41, 5.74) is 2.72. The number of benzene rings is 2. The van der Waals surface area contributed by atoms with E-state index >= 15 is 0 Å². The first-order valence-electron chi connectivity index (χ1n) is 7.72. The molecule has 0 atom stereocenters. The van der Waals surface area contributed by atoms with Crippen molar-refractivity contribution in [3.63, 3.8) is 0 Å². The third-order valence-electron chi connectivity index (χ3n) is 3.62. The van der Waals surface area contributed by atoms with Crippen LogP contribution in [-0.2, 0) is 17.8 Å². The van der Waals surface area contributed by atoms with E-state index in [1.165, 1.54) is 0 Å². The lowest BCUT2D eigenvalue weighted by atomic mass is 10.1. The van der Waals surface area contributed by atoms with Crippen molar-refractivity contribution in [2.75, 3.05) is 0 Å². The van der Waals surface area contributed by atoms with E-state index in [1.54, 1.807) is 12.1 Å². The van der Waals surface area contributed by atoms with Gasteiger partial charge >= 0.3 is 0 Å². The Morgan fingerprint density at radius 2 is 1.58 bits per heavy atom. The number of halogens is 1. The third kappa shape index (κ3) is 4.43. The molecule has 0 spiro atoms. The zero-order valence-corrected chi connectivity index (χ0v) is 13.9. The number of hydrogen-bond acceptors (Lipinski definition) is 1. The number of carbonyl (C=O) groups excluding carboxylic acids is 1. The third-order valence-corrected chi connectivity index (χ3v) is 3.87. The van der Waals surface area contributed by atoms with Crippen LogP contribution in [0.4, 0.5) is 0 Å². The van der Waals surface area contributed by atoms with Gasteiger partial charge in [-0.15, -0.1) is 0 Å². The lowest BCUT2D eigenvalue weighted by Crippen LogP contribution is -2.22. The molecule has 3 aromatic rings. The fourth-order valence-corrected chi connectivity index (χ4v) is 2.55. The van der Waals surface area contributed by atoms with Crippen LogP contribution in [0.25, 0.3) is 0 Å². The van der Waals surface area contributed by atoms with Gasteiger partial charge in [0, 0.05) is 17.8 Å². The first kappa shape index (κ1) is 16.2. The Morgan fingerprint density at radius 1 is 0.875 bits per heavy atom. The maximum absolute atomic E-state index is 12.3. The molecule has 0 fully saturated rings. The molecule has 0 aliphatic rings. The fraction of sp³-hybridized carbons (Fsp3) is 0.100. The van der Waals surface area contributed by atoms with Gasteiger partial charge in [-0.25, -0.2) is 0 Å². The Hall–Kier alpha value is -2.65. The minimum absolute atomic E-state index is 0.176. The average molecular weight is 337 g/mol. The number of aromatic nitrogens is 1. The molecule has 3 nitrogen and oxygen atoms in total. The molecule has 0 aliphatic heterocycles. The van der Waals surface area contributed by atoms with E-state index in [0.717, 1.165) is 11.1 Å². The molecule has 24 heavy (non-hydrogen) atoms. The topological polar surface area (TPSA) is 34.4 Å². The van der Waals surface area contributed by atoms with Crippen LogP contribution in [0.1, 0.15) is 11.1 Å². The Labute approximate surface area is 145 Å². The van der Waals surface area contributed by atoms with Crippen molar-refractivity contribution in [1.82, 2.24) is 4.57 Å². The predicted molar refractivity (Wildman–Crippen MR) is 95.7 cm³/mol. The van der Waals surface area contributed by atoms with Crippen molar-refractivity contribution in [1.29, 1.82) is 0 Å². The first-order valence-corrected chi connectivity index (χ1v) is 8.10. The van der Waals surface area contributed by atoms with Gasteiger partial charge in [0.2, 0.25) is 0 Å². The first-order chi connectivity index (χ1) is 11.7. The summed E-state index contributed by atoms with van der Waals surface area (Å²) in [6.45, 7) is 0.675. The molecule has 120 valence electrons. The van der Waals surface area contributed by atoms with E-state index < -0.39 is 0 Å². The summed E-state index contributed by atoms with van der Waals surface area (Å²) in [7, 11) is 0. The molecule has 2 aromatic carbocycles. The quantitative estimate of drug-likeness (QED) is 0.712. The van der Waals surface area contributed by atoms with Gasteiger partial charge in [0.05, 0.1) is 6.42 Å². The normalized spacial score (nSPS) is 11.5. The Kier molecular flexibility index (Phi) is 5.24. The molecule has 0 unspecified atom stereocenters. The predicted octanol–water partition coefficient (Wildman–Crippen LogP) is 3.86. The number of rotatable bonds is 4.